The molecule has 0 aromatic carbocycles. The molecule has 2 fully saturated rings. The molecule has 4 nitrogen and oxygen atoms in total. The highest BCUT2D eigenvalue weighted by molar-refractivity contribution is 5.81. The monoisotopic (exact) mass is 268 g/mol. The van der Waals surface area contributed by atoms with Gasteiger partial charge in [0.15, 0.2) is 0 Å². The zero-order valence-electron chi connectivity index (χ0n) is 12.6. The van der Waals surface area contributed by atoms with Crippen LogP contribution in [-0.4, -0.2) is 49.7 Å². The molecule has 2 unspecified atom stereocenters. The maximum absolute atomic E-state index is 12.2. The van der Waals surface area contributed by atoms with Crippen LogP contribution in [0.2, 0.25) is 0 Å². The Kier molecular flexibility index (Phi) is 4.85. The van der Waals surface area contributed by atoms with Gasteiger partial charge in [-0.05, 0) is 58.2 Å². The van der Waals surface area contributed by atoms with Crippen LogP contribution in [0.4, 0.5) is 0 Å². The van der Waals surface area contributed by atoms with E-state index in [9.17, 15) is 4.79 Å². The molecule has 2 aliphatic rings. The molecule has 0 radical (unpaired) electrons. The minimum absolute atomic E-state index is 0.0640. The summed E-state index contributed by atoms with van der Waals surface area (Å²) in [6.45, 7) is 3.99. The first-order valence-corrected chi connectivity index (χ1v) is 7.67. The SMILES string of the molecule is CCNC1(C(=O)OC)CCCC1CCN(C)C1CC1. The molecule has 4 heteroatoms. The van der Waals surface area contributed by atoms with Crippen LogP contribution in [0.25, 0.3) is 0 Å². The highest BCUT2D eigenvalue weighted by Gasteiger charge is 2.49. The fourth-order valence-electron chi connectivity index (χ4n) is 3.60. The molecular weight excluding hydrogens is 240 g/mol. The molecule has 0 heterocycles. The van der Waals surface area contributed by atoms with Crippen LogP contribution in [-0.2, 0) is 9.53 Å². The van der Waals surface area contributed by atoms with Crippen molar-refractivity contribution in [1.82, 2.24) is 10.2 Å². The van der Waals surface area contributed by atoms with Gasteiger partial charge in [-0.25, -0.2) is 0 Å². The number of ether oxygens (including phenoxy) is 1. The lowest BCUT2D eigenvalue weighted by atomic mass is 9.84. The third-order valence-electron chi connectivity index (χ3n) is 4.86. The molecule has 0 aromatic heterocycles. The Morgan fingerprint density at radius 1 is 1.42 bits per heavy atom. The van der Waals surface area contributed by atoms with E-state index in [0.717, 1.165) is 44.8 Å². The van der Waals surface area contributed by atoms with E-state index < -0.39 is 5.54 Å². The van der Waals surface area contributed by atoms with Gasteiger partial charge in [-0.1, -0.05) is 13.3 Å². The van der Waals surface area contributed by atoms with Gasteiger partial charge in [-0.2, -0.15) is 0 Å². The summed E-state index contributed by atoms with van der Waals surface area (Å²) in [6, 6.07) is 0.799. The van der Waals surface area contributed by atoms with Crippen LogP contribution < -0.4 is 5.32 Å². The molecule has 2 atom stereocenters. The molecule has 19 heavy (non-hydrogen) atoms. The highest BCUT2D eigenvalue weighted by Crippen LogP contribution is 2.39. The van der Waals surface area contributed by atoms with Crippen molar-refractivity contribution in [3.63, 3.8) is 0 Å². The van der Waals surface area contributed by atoms with Crippen molar-refractivity contribution in [2.24, 2.45) is 5.92 Å². The van der Waals surface area contributed by atoms with Crippen molar-refractivity contribution in [3.05, 3.63) is 0 Å². The second-order valence-corrected chi connectivity index (χ2v) is 6.08. The molecule has 1 N–H and O–H groups in total. The summed E-state index contributed by atoms with van der Waals surface area (Å²) in [5.41, 5.74) is -0.423. The van der Waals surface area contributed by atoms with Gasteiger partial charge in [0.05, 0.1) is 7.11 Å². The lowest BCUT2D eigenvalue weighted by Crippen LogP contribution is -2.55. The van der Waals surface area contributed by atoms with E-state index >= 15 is 0 Å². The van der Waals surface area contributed by atoms with Gasteiger partial charge >= 0.3 is 5.97 Å². The Morgan fingerprint density at radius 3 is 2.74 bits per heavy atom. The number of nitrogens with one attached hydrogen (secondary N) is 1. The topological polar surface area (TPSA) is 41.6 Å². The fraction of sp³-hybridized carbons (Fsp3) is 0.933. The zero-order chi connectivity index (χ0) is 13.9. The van der Waals surface area contributed by atoms with E-state index in [-0.39, 0.29) is 5.97 Å². The van der Waals surface area contributed by atoms with Crippen LogP contribution in [0.15, 0.2) is 0 Å². The molecule has 2 aliphatic carbocycles. The lowest BCUT2D eigenvalue weighted by Gasteiger charge is -2.34. The third-order valence-corrected chi connectivity index (χ3v) is 4.86. The van der Waals surface area contributed by atoms with Crippen LogP contribution in [0, 0.1) is 5.92 Å². The summed E-state index contributed by atoms with van der Waals surface area (Å²) in [6.07, 6.45) is 6.97. The summed E-state index contributed by atoms with van der Waals surface area (Å²) in [5.74, 6) is 0.354. The minimum Gasteiger partial charge on any atom is -0.468 e. The molecule has 0 aromatic rings. The van der Waals surface area contributed by atoms with Crippen molar-refractivity contribution in [3.8, 4) is 0 Å². The lowest BCUT2D eigenvalue weighted by molar-refractivity contribution is -0.150. The van der Waals surface area contributed by atoms with E-state index in [2.05, 4.69) is 24.2 Å². The number of esters is 1. The zero-order valence-corrected chi connectivity index (χ0v) is 12.6. The van der Waals surface area contributed by atoms with E-state index in [1.807, 2.05) is 0 Å². The first-order valence-electron chi connectivity index (χ1n) is 7.67. The summed E-state index contributed by atoms with van der Waals surface area (Å²) in [7, 11) is 3.72. The number of methoxy groups -OCH3 is 1. The van der Waals surface area contributed by atoms with Crippen LogP contribution in [0.5, 0.6) is 0 Å². The predicted molar refractivity (Wildman–Crippen MR) is 76.0 cm³/mol. The van der Waals surface area contributed by atoms with E-state index in [1.54, 1.807) is 0 Å². The van der Waals surface area contributed by atoms with Crippen LogP contribution >= 0.6 is 0 Å². The van der Waals surface area contributed by atoms with E-state index in [4.69, 9.17) is 4.74 Å². The van der Waals surface area contributed by atoms with Crippen LogP contribution in [0.1, 0.15) is 45.4 Å². The van der Waals surface area contributed by atoms with Gasteiger partial charge in [0.1, 0.15) is 5.54 Å². The van der Waals surface area contributed by atoms with Gasteiger partial charge in [0.2, 0.25) is 0 Å². The number of hydrogen-bond acceptors (Lipinski definition) is 4. The Morgan fingerprint density at radius 2 is 2.16 bits per heavy atom. The maximum Gasteiger partial charge on any atom is 0.326 e. The smallest absolute Gasteiger partial charge is 0.326 e. The molecule has 2 saturated carbocycles. The first-order chi connectivity index (χ1) is 9.14. The summed E-state index contributed by atoms with van der Waals surface area (Å²) >= 11 is 0. The number of carbonyl (C=O) groups is 1. The summed E-state index contributed by atoms with van der Waals surface area (Å²) in [4.78, 5) is 14.7. The second kappa shape index (κ2) is 6.23. The van der Waals surface area contributed by atoms with Gasteiger partial charge in [0.25, 0.3) is 0 Å². The summed E-state index contributed by atoms with van der Waals surface area (Å²) in [5, 5.41) is 3.43. The molecule has 110 valence electrons. The van der Waals surface area contributed by atoms with Crippen molar-refractivity contribution in [1.29, 1.82) is 0 Å². The molecular formula is C15H28N2O2. The van der Waals surface area contributed by atoms with Gasteiger partial charge < -0.3 is 15.0 Å². The Bertz CT molecular complexity index is 317. The fourth-order valence-corrected chi connectivity index (χ4v) is 3.60. The molecule has 0 spiro atoms. The van der Waals surface area contributed by atoms with Crippen molar-refractivity contribution < 1.29 is 9.53 Å². The normalized spacial score (nSPS) is 30.8. The Labute approximate surface area is 116 Å². The average molecular weight is 268 g/mol. The summed E-state index contributed by atoms with van der Waals surface area (Å²) < 4.78 is 5.07. The number of likely N-dealkylation sites (N-methyl/N-ethyl adjacent to an activating group) is 1. The van der Waals surface area contributed by atoms with E-state index in [0.29, 0.717) is 5.92 Å². The highest BCUT2D eigenvalue weighted by atomic mass is 16.5. The quantitative estimate of drug-likeness (QED) is 0.715. The molecule has 0 aliphatic heterocycles. The van der Waals surface area contributed by atoms with Gasteiger partial charge in [-0.15, -0.1) is 0 Å². The maximum atomic E-state index is 12.2. The van der Waals surface area contributed by atoms with Gasteiger partial charge in [0, 0.05) is 6.04 Å². The number of hydrogen-bond donors (Lipinski definition) is 1. The number of rotatable bonds is 7. The van der Waals surface area contributed by atoms with E-state index in [1.165, 1.54) is 20.0 Å². The minimum atomic E-state index is -0.423. The Hall–Kier alpha value is -0.610. The predicted octanol–water partition coefficient (Wildman–Crippen LogP) is 1.79. The molecule has 2 rings (SSSR count). The number of nitrogens with zero attached hydrogens (tertiary/aromatic N) is 1. The molecule has 0 amide bonds. The van der Waals surface area contributed by atoms with Crippen molar-refractivity contribution >= 4 is 5.97 Å². The molecule has 0 saturated heterocycles. The molecule has 0 bridgehead atoms. The standard InChI is InChI=1S/C15H28N2O2/c1-4-16-15(14(18)19-3)10-5-6-12(15)9-11-17(2)13-7-8-13/h12-13,16H,4-11H2,1-3H3. The Balaban J connectivity index is 1.97. The average Bonchev–Trinajstić information content (AvgIpc) is 3.18. The van der Waals surface area contributed by atoms with Gasteiger partial charge in [-0.3, -0.25) is 4.79 Å². The van der Waals surface area contributed by atoms with Crippen LogP contribution in [0.3, 0.4) is 0 Å². The third kappa shape index (κ3) is 3.11. The largest absolute Gasteiger partial charge is 0.468 e. The first kappa shape index (κ1) is 14.8. The number of carbonyl (C=O) groups excluding carboxylic acids is 1. The van der Waals surface area contributed by atoms with Crippen molar-refractivity contribution in [2.45, 2.75) is 57.0 Å². The van der Waals surface area contributed by atoms with Crippen molar-refractivity contribution in [2.75, 3.05) is 27.2 Å². The second-order valence-electron chi connectivity index (χ2n) is 6.08.